The van der Waals surface area contributed by atoms with Crippen molar-refractivity contribution in [2.24, 2.45) is 0 Å². The molecule has 2 rings (SSSR count). The van der Waals surface area contributed by atoms with Gasteiger partial charge in [0, 0.05) is 6.54 Å². The number of hydrogen-bond donors (Lipinski definition) is 1. The first-order chi connectivity index (χ1) is 8.13. The Labute approximate surface area is 99.9 Å². The molecule has 1 aliphatic rings. The molecule has 1 aromatic rings. The van der Waals surface area contributed by atoms with Crippen LogP contribution in [0.15, 0.2) is 24.3 Å². The zero-order valence-electron chi connectivity index (χ0n) is 9.72. The normalized spacial score (nSPS) is 16.9. The van der Waals surface area contributed by atoms with E-state index in [1.807, 2.05) is 24.3 Å². The number of hydrogen-bond acceptors (Lipinski definition) is 2. The number of aliphatic carboxylic acids is 1. The molecule has 1 atom stereocenters. The summed E-state index contributed by atoms with van der Waals surface area (Å²) in [5.74, 6) is -1.19. The number of likely N-dealkylation sites (N-methyl/N-ethyl adjacent to an activating group) is 1. The van der Waals surface area contributed by atoms with Crippen molar-refractivity contribution in [3.63, 3.8) is 0 Å². The molecule has 0 heterocycles. The monoisotopic (exact) mass is 233 g/mol. The minimum Gasteiger partial charge on any atom is -0.480 e. The van der Waals surface area contributed by atoms with Crippen molar-refractivity contribution >= 4 is 11.9 Å². The zero-order chi connectivity index (χ0) is 12.4. The van der Waals surface area contributed by atoms with Crippen LogP contribution in [0.1, 0.15) is 24.0 Å². The largest absolute Gasteiger partial charge is 0.480 e. The van der Waals surface area contributed by atoms with Gasteiger partial charge in [-0.15, -0.1) is 0 Å². The molecule has 0 bridgehead atoms. The second-order valence-corrected chi connectivity index (χ2v) is 4.20. The number of benzene rings is 1. The molecule has 0 radical (unpaired) electrons. The lowest BCUT2D eigenvalue weighted by atomic mass is 9.77. The van der Waals surface area contributed by atoms with Gasteiger partial charge in [-0.25, -0.2) is 0 Å². The van der Waals surface area contributed by atoms with E-state index in [9.17, 15) is 9.59 Å². The van der Waals surface area contributed by atoms with Gasteiger partial charge >= 0.3 is 5.97 Å². The second kappa shape index (κ2) is 4.57. The van der Waals surface area contributed by atoms with Gasteiger partial charge in [-0.3, -0.25) is 9.59 Å². The van der Waals surface area contributed by atoms with Gasteiger partial charge in [0.1, 0.15) is 6.54 Å². The van der Waals surface area contributed by atoms with E-state index in [1.165, 1.54) is 10.5 Å². The van der Waals surface area contributed by atoms with Crippen molar-refractivity contribution in [2.75, 3.05) is 13.1 Å². The van der Waals surface area contributed by atoms with Gasteiger partial charge in [0.25, 0.3) is 0 Å². The van der Waals surface area contributed by atoms with Gasteiger partial charge in [0.15, 0.2) is 0 Å². The molecule has 0 fully saturated rings. The van der Waals surface area contributed by atoms with Crippen LogP contribution < -0.4 is 0 Å². The standard InChI is InChI=1S/C13H15NO3/c1-2-14(8-12(15)16)13(17)11-7-9-5-3-4-6-10(9)11/h3-6,11H,2,7-8H2,1H3,(H,15,16). The molecule has 4 heteroatoms. The van der Waals surface area contributed by atoms with Gasteiger partial charge in [-0.2, -0.15) is 0 Å². The highest BCUT2D eigenvalue weighted by molar-refractivity contribution is 5.89. The van der Waals surface area contributed by atoms with Crippen LogP contribution in [0.3, 0.4) is 0 Å². The van der Waals surface area contributed by atoms with Gasteiger partial charge in [-0.1, -0.05) is 24.3 Å². The lowest BCUT2D eigenvalue weighted by Crippen LogP contribution is -2.41. The molecule has 1 aliphatic carbocycles. The van der Waals surface area contributed by atoms with Crippen LogP contribution in [0, 0.1) is 0 Å². The van der Waals surface area contributed by atoms with E-state index in [1.54, 1.807) is 6.92 Å². The average molecular weight is 233 g/mol. The molecular weight excluding hydrogens is 218 g/mol. The average Bonchev–Trinajstić information content (AvgIpc) is 2.27. The van der Waals surface area contributed by atoms with Crippen LogP contribution in [-0.4, -0.2) is 35.0 Å². The van der Waals surface area contributed by atoms with E-state index in [2.05, 4.69) is 0 Å². The third kappa shape index (κ3) is 2.16. The van der Waals surface area contributed by atoms with Gasteiger partial charge in [-0.05, 0) is 24.5 Å². The summed E-state index contributed by atoms with van der Waals surface area (Å²) >= 11 is 0. The van der Waals surface area contributed by atoms with Crippen LogP contribution in [0.25, 0.3) is 0 Å². The number of carbonyl (C=O) groups excluding carboxylic acids is 1. The molecule has 1 aromatic carbocycles. The maximum absolute atomic E-state index is 12.1. The third-order valence-electron chi connectivity index (χ3n) is 3.17. The Hall–Kier alpha value is -1.84. The van der Waals surface area contributed by atoms with E-state index >= 15 is 0 Å². The predicted molar refractivity (Wildman–Crippen MR) is 62.8 cm³/mol. The molecule has 0 saturated heterocycles. The van der Waals surface area contributed by atoms with Crippen molar-refractivity contribution < 1.29 is 14.7 Å². The molecule has 17 heavy (non-hydrogen) atoms. The van der Waals surface area contributed by atoms with E-state index in [0.29, 0.717) is 6.54 Å². The third-order valence-corrected chi connectivity index (χ3v) is 3.17. The number of carbonyl (C=O) groups is 2. The van der Waals surface area contributed by atoms with Crippen molar-refractivity contribution in [3.05, 3.63) is 35.4 Å². The highest BCUT2D eigenvalue weighted by Crippen LogP contribution is 2.35. The molecule has 0 aliphatic heterocycles. The Morgan fingerprint density at radius 3 is 2.71 bits per heavy atom. The fourth-order valence-corrected chi connectivity index (χ4v) is 2.21. The van der Waals surface area contributed by atoms with E-state index in [-0.39, 0.29) is 18.4 Å². The summed E-state index contributed by atoms with van der Waals surface area (Å²) in [6, 6.07) is 7.81. The smallest absolute Gasteiger partial charge is 0.323 e. The maximum Gasteiger partial charge on any atom is 0.323 e. The Balaban J connectivity index is 2.10. The van der Waals surface area contributed by atoms with E-state index in [4.69, 9.17) is 5.11 Å². The lowest BCUT2D eigenvalue weighted by Gasteiger charge is -2.32. The Bertz CT molecular complexity index is 456. The lowest BCUT2D eigenvalue weighted by molar-refractivity contribution is -0.145. The number of fused-ring (bicyclic) bond motifs is 1. The minimum absolute atomic E-state index is 0.0754. The van der Waals surface area contributed by atoms with Gasteiger partial charge < -0.3 is 10.0 Å². The fourth-order valence-electron chi connectivity index (χ4n) is 2.21. The fraction of sp³-hybridized carbons (Fsp3) is 0.385. The summed E-state index contributed by atoms with van der Waals surface area (Å²) in [7, 11) is 0. The summed E-state index contributed by atoms with van der Waals surface area (Å²) in [6.07, 6.45) is 0.727. The minimum atomic E-state index is -0.965. The molecule has 0 aromatic heterocycles. The topological polar surface area (TPSA) is 57.6 Å². The maximum atomic E-state index is 12.1. The summed E-state index contributed by atoms with van der Waals surface area (Å²) < 4.78 is 0. The molecule has 1 unspecified atom stereocenters. The molecule has 0 spiro atoms. The quantitative estimate of drug-likeness (QED) is 0.851. The number of nitrogens with zero attached hydrogens (tertiary/aromatic N) is 1. The summed E-state index contributed by atoms with van der Waals surface area (Å²) in [5.41, 5.74) is 2.23. The van der Waals surface area contributed by atoms with Crippen LogP contribution >= 0.6 is 0 Å². The molecule has 0 saturated carbocycles. The molecule has 90 valence electrons. The highest BCUT2D eigenvalue weighted by atomic mass is 16.4. The summed E-state index contributed by atoms with van der Waals surface area (Å²) in [6.45, 7) is 2.02. The first kappa shape index (κ1) is 11.6. The summed E-state index contributed by atoms with van der Waals surface area (Å²) in [5, 5.41) is 8.74. The number of carboxylic acids is 1. The predicted octanol–water partition coefficient (Wildman–Crippen LogP) is 1.26. The zero-order valence-corrected chi connectivity index (χ0v) is 9.72. The van der Waals surface area contributed by atoms with Crippen LogP contribution in [-0.2, 0) is 16.0 Å². The first-order valence-electron chi connectivity index (χ1n) is 5.72. The SMILES string of the molecule is CCN(CC(=O)O)C(=O)C1Cc2ccccc21. The van der Waals surface area contributed by atoms with Crippen LogP contribution in [0.4, 0.5) is 0 Å². The second-order valence-electron chi connectivity index (χ2n) is 4.20. The highest BCUT2D eigenvalue weighted by Gasteiger charge is 2.34. The molecule has 4 nitrogen and oxygen atoms in total. The van der Waals surface area contributed by atoms with Gasteiger partial charge in [0.05, 0.1) is 5.92 Å². The summed E-state index contributed by atoms with van der Waals surface area (Å²) in [4.78, 5) is 24.2. The van der Waals surface area contributed by atoms with E-state index in [0.717, 1.165) is 12.0 Å². The molecular formula is C13H15NO3. The first-order valence-corrected chi connectivity index (χ1v) is 5.72. The Morgan fingerprint density at radius 2 is 2.12 bits per heavy atom. The van der Waals surface area contributed by atoms with Crippen molar-refractivity contribution in [2.45, 2.75) is 19.3 Å². The Kier molecular flexibility index (Phi) is 3.13. The number of amides is 1. The van der Waals surface area contributed by atoms with Crippen molar-refractivity contribution in [1.29, 1.82) is 0 Å². The Morgan fingerprint density at radius 1 is 1.41 bits per heavy atom. The molecule has 1 N–H and O–H groups in total. The van der Waals surface area contributed by atoms with Crippen LogP contribution in [0.2, 0.25) is 0 Å². The molecule has 1 amide bonds. The van der Waals surface area contributed by atoms with Crippen molar-refractivity contribution in [3.8, 4) is 0 Å². The number of carboxylic acid groups (broad SMARTS) is 1. The van der Waals surface area contributed by atoms with Gasteiger partial charge in [0.2, 0.25) is 5.91 Å². The van der Waals surface area contributed by atoms with Crippen molar-refractivity contribution in [1.82, 2.24) is 4.90 Å². The van der Waals surface area contributed by atoms with Crippen LogP contribution in [0.5, 0.6) is 0 Å². The van der Waals surface area contributed by atoms with E-state index < -0.39 is 5.97 Å². The number of rotatable bonds is 4.